The van der Waals surface area contributed by atoms with Crippen molar-refractivity contribution in [2.24, 2.45) is 10.8 Å². The van der Waals surface area contributed by atoms with Crippen molar-refractivity contribution in [2.75, 3.05) is 34.0 Å². The van der Waals surface area contributed by atoms with E-state index in [1.54, 1.807) is 14.2 Å². The molecule has 0 heterocycles. The average molecular weight is 371 g/mol. The molecule has 0 aliphatic heterocycles. The molecule has 0 unspecified atom stereocenters. The van der Waals surface area contributed by atoms with Gasteiger partial charge >= 0.3 is 0 Å². The topological polar surface area (TPSA) is 27.7 Å². The summed E-state index contributed by atoms with van der Waals surface area (Å²) in [6.45, 7) is 9.03. The van der Waals surface area contributed by atoms with Gasteiger partial charge in [0.15, 0.2) is 0 Å². The maximum absolute atomic E-state index is 6.59. The minimum atomic E-state index is -0.0884. The summed E-state index contributed by atoms with van der Waals surface area (Å²) in [6.07, 6.45) is 16.3. The second-order valence-electron chi connectivity index (χ2n) is 9.08. The molecule has 1 rings (SSSR count). The first-order chi connectivity index (χ1) is 12.5. The lowest BCUT2D eigenvalue weighted by Gasteiger charge is -2.46. The summed E-state index contributed by atoms with van der Waals surface area (Å²) in [5, 5.41) is 0. The summed E-state index contributed by atoms with van der Waals surface area (Å²) in [4.78, 5) is 0. The summed E-state index contributed by atoms with van der Waals surface area (Å²) in [5.41, 5.74) is 0.0271. The quantitative estimate of drug-likeness (QED) is 0.470. The molecular formula is C23H46O3. The van der Waals surface area contributed by atoms with Gasteiger partial charge in [-0.25, -0.2) is 0 Å². The van der Waals surface area contributed by atoms with Crippen molar-refractivity contribution >= 4 is 0 Å². The van der Waals surface area contributed by atoms with Crippen LogP contribution in [0.15, 0.2) is 0 Å². The highest BCUT2D eigenvalue weighted by Gasteiger charge is 2.45. The summed E-state index contributed by atoms with van der Waals surface area (Å²) in [5.74, 6) is 0. The van der Waals surface area contributed by atoms with Gasteiger partial charge in [-0.2, -0.15) is 0 Å². The predicted molar refractivity (Wildman–Crippen MR) is 111 cm³/mol. The molecule has 1 aliphatic rings. The molecule has 156 valence electrons. The molecule has 1 saturated carbocycles. The molecule has 0 bridgehead atoms. The highest BCUT2D eigenvalue weighted by Crippen LogP contribution is 2.43. The first kappa shape index (κ1) is 23.9. The van der Waals surface area contributed by atoms with Gasteiger partial charge in [-0.15, -0.1) is 0 Å². The van der Waals surface area contributed by atoms with E-state index in [2.05, 4.69) is 20.8 Å². The van der Waals surface area contributed by atoms with E-state index in [-0.39, 0.29) is 10.8 Å². The second kappa shape index (κ2) is 13.1. The summed E-state index contributed by atoms with van der Waals surface area (Å²) < 4.78 is 17.9. The van der Waals surface area contributed by atoms with Crippen LogP contribution in [0.3, 0.4) is 0 Å². The molecular weight excluding hydrogens is 324 g/mol. The fourth-order valence-electron chi connectivity index (χ4n) is 4.21. The molecule has 0 atom stereocenters. The average Bonchev–Trinajstić information content (AvgIpc) is 2.61. The van der Waals surface area contributed by atoms with Gasteiger partial charge in [-0.05, 0) is 18.3 Å². The number of hydrogen-bond donors (Lipinski definition) is 0. The van der Waals surface area contributed by atoms with Gasteiger partial charge in [0.2, 0.25) is 0 Å². The SMILES string of the molecule is CCC(C)(C)C(COC)(COC)COC1CCCCCCCCCCC1. The van der Waals surface area contributed by atoms with Crippen LogP contribution in [-0.2, 0) is 14.2 Å². The third kappa shape index (κ3) is 7.86. The Labute approximate surface area is 163 Å². The number of ether oxygens (including phenoxy) is 3. The summed E-state index contributed by atoms with van der Waals surface area (Å²) in [6, 6.07) is 0. The van der Waals surface area contributed by atoms with Gasteiger partial charge in [0.1, 0.15) is 0 Å². The predicted octanol–water partition coefficient (Wildman–Crippen LogP) is 6.39. The van der Waals surface area contributed by atoms with Crippen LogP contribution >= 0.6 is 0 Å². The monoisotopic (exact) mass is 370 g/mol. The second-order valence-corrected chi connectivity index (χ2v) is 9.08. The molecule has 1 aliphatic carbocycles. The standard InChI is InChI=1S/C23H46O3/c1-6-22(2,3)23(18-24-4,19-25-5)20-26-21-16-14-12-10-8-7-9-11-13-15-17-21/h21H,6-20H2,1-5H3. The molecule has 26 heavy (non-hydrogen) atoms. The van der Waals surface area contributed by atoms with E-state index >= 15 is 0 Å². The van der Waals surface area contributed by atoms with Gasteiger partial charge in [-0.1, -0.05) is 85.0 Å². The van der Waals surface area contributed by atoms with Gasteiger partial charge in [0, 0.05) is 19.6 Å². The van der Waals surface area contributed by atoms with Crippen LogP contribution in [0, 0.1) is 10.8 Å². The third-order valence-corrected chi connectivity index (χ3v) is 6.81. The van der Waals surface area contributed by atoms with Crippen LogP contribution < -0.4 is 0 Å². The Morgan fingerprint density at radius 1 is 0.692 bits per heavy atom. The maximum atomic E-state index is 6.59. The van der Waals surface area contributed by atoms with Crippen molar-refractivity contribution in [3.8, 4) is 0 Å². The molecule has 1 fully saturated rings. The van der Waals surface area contributed by atoms with Crippen molar-refractivity contribution in [3.63, 3.8) is 0 Å². The lowest BCUT2D eigenvalue weighted by molar-refractivity contribution is -0.132. The summed E-state index contributed by atoms with van der Waals surface area (Å²) in [7, 11) is 3.60. The van der Waals surface area contributed by atoms with Crippen LogP contribution in [0.2, 0.25) is 0 Å². The zero-order valence-corrected chi connectivity index (χ0v) is 18.4. The van der Waals surface area contributed by atoms with Crippen LogP contribution in [0.25, 0.3) is 0 Å². The van der Waals surface area contributed by atoms with Gasteiger partial charge in [-0.3, -0.25) is 0 Å². The van der Waals surface area contributed by atoms with Crippen molar-refractivity contribution in [1.82, 2.24) is 0 Å². The van der Waals surface area contributed by atoms with Crippen LogP contribution in [0.4, 0.5) is 0 Å². The highest BCUT2D eigenvalue weighted by molar-refractivity contribution is 4.93. The van der Waals surface area contributed by atoms with E-state index in [1.165, 1.54) is 70.6 Å². The molecule has 0 radical (unpaired) electrons. The Morgan fingerprint density at radius 2 is 1.12 bits per heavy atom. The van der Waals surface area contributed by atoms with Gasteiger partial charge < -0.3 is 14.2 Å². The molecule has 0 aromatic heterocycles. The largest absolute Gasteiger partial charge is 0.384 e. The molecule has 0 aromatic rings. The molecule has 0 N–H and O–H groups in total. The first-order valence-corrected chi connectivity index (χ1v) is 11.1. The van der Waals surface area contributed by atoms with Crippen LogP contribution in [0.1, 0.15) is 97.8 Å². The number of methoxy groups -OCH3 is 2. The Morgan fingerprint density at radius 3 is 1.50 bits per heavy atom. The zero-order chi connectivity index (χ0) is 19.3. The normalized spacial score (nSPS) is 19.7. The molecule has 3 heteroatoms. The minimum absolute atomic E-state index is 0.0884. The van der Waals surface area contributed by atoms with Crippen molar-refractivity contribution < 1.29 is 14.2 Å². The summed E-state index contributed by atoms with van der Waals surface area (Å²) >= 11 is 0. The van der Waals surface area contributed by atoms with Crippen LogP contribution in [0.5, 0.6) is 0 Å². The van der Waals surface area contributed by atoms with E-state index in [9.17, 15) is 0 Å². The lowest BCUT2D eigenvalue weighted by Crippen LogP contribution is -2.49. The molecule has 0 spiro atoms. The molecule has 0 aromatic carbocycles. The lowest BCUT2D eigenvalue weighted by atomic mass is 9.65. The molecule has 3 nitrogen and oxygen atoms in total. The third-order valence-electron chi connectivity index (χ3n) is 6.81. The van der Waals surface area contributed by atoms with Crippen molar-refractivity contribution in [2.45, 2.75) is 104 Å². The molecule has 0 saturated heterocycles. The van der Waals surface area contributed by atoms with E-state index < -0.39 is 0 Å². The van der Waals surface area contributed by atoms with E-state index in [0.717, 1.165) is 13.0 Å². The minimum Gasteiger partial charge on any atom is -0.384 e. The Kier molecular flexibility index (Phi) is 12.1. The maximum Gasteiger partial charge on any atom is 0.0575 e. The van der Waals surface area contributed by atoms with E-state index in [0.29, 0.717) is 19.3 Å². The van der Waals surface area contributed by atoms with E-state index in [4.69, 9.17) is 14.2 Å². The van der Waals surface area contributed by atoms with Gasteiger partial charge in [0.05, 0.1) is 25.9 Å². The van der Waals surface area contributed by atoms with E-state index in [1.807, 2.05) is 0 Å². The fraction of sp³-hybridized carbons (Fsp3) is 1.00. The first-order valence-electron chi connectivity index (χ1n) is 11.1. The Balaban J connectivity index is 2.71. The smallest absolute Gasteiger partial charge is 0.0575 e. The van der Waals surface area contributed by atoms with Crippen molar-refractivity contribution in [3.05, 3.63) is 0 Å². The number of rotatable bonds is 9. The van der Waals surface area contributed by atoms with Gasteiger partial charge in [0.25, 0.3) is 0 Å². The van der Waals surface area contributed by atoms with Crippen LogP contribution in [-0.4, -0.2) is 40.1 Å². The number of hydrogen-bond acceptors (Lipinski definition) is 3. The molecule has 0 amide bonds. The fourth-order valence-corrected chi connectivity index (χ4v) is 4.21. The van der Waals surface area contributed by atoms with Crippen molar-refractivity contribution in [1.29, 1.82) is 0 Å². The Bertz CT molecular complexity index is 322. The zero-order valence-electron chi connectivity index (χ0n) is 18.4. The Hall–Kier alpha value is -0.120. The highest BCUT2D eigenvalue weighted by atomic mass is 16.5.